The van der Waals surface area contributed by atoms with Crippen LogP contribution in [-0.2, 0) is 17.6 Å². The SMILES string of the molecule is N#CC1(Cc2ccc3c(c2)CC(=O)N3)CCC1. The van der Waals surface area contributed by atoms with Crippen LogP contribution in [0.2, 0.25) is 0 Å². The van der Waals surface area contributed by atoms with Crippen LogP contribution in [0, 0.1) is 16.7 Å². The second kappa shape index (κ2) is 3.59. The lowest BCUT2D eigenvalue weighted by molar-refractivity contribution is -0.115. The van der Waals surface area contributed by atoms with Crippen LogP contribution in [-0.4, -0.2) is 5.91 Å². The number of nitrogens with one attached hydrogen (secondary N) is 1. The Hall–Kier alpha value is -1.82. The van der Waals surface area contributed by atoms with Gasteiger partial charge < -0.3 is 5.32 Å². The number of anilines is 1. The van der Waals surface area contributed by atoms with Gasteiger partial charge in [-0.25, -0.2) is 0 Å². The minimum Gasteiger partial charge on any atom is -0.326 e. The van der Waals surface area contributed by atoms with Crippen molar-refractivity contribution in [2.75, 3.05) is 5.32 Å². The van der Waals surface area contributed by atoms with E-state index in [-0.39, 0.29) is 11.3 Å². The number of nitrogens with zero attached hydrogens (tertiary/aromatic N) is 1. The molecule has 2 aliphatic rings. The fourth-order valence-corrected chi connectivity index (χ4v) is 2.71. The van der Waals surface area contributed by atoms with Crippen molar-refractivity contribution < 1.29 is 4.79 Å². The zero-order chi connectivity index (χ0) is 11.9. The summed E-state index contributed by atoms with van der Waals surface area (Å²) in [6.07, 6.45) is 4.49. The van der Waals surface area contributed by atoms with E-state index in [1.54, 1.807) is 0 Å². The van der Waals surface area contributed by atoms with Gasteiger partial charge in [-0.1, -0.05) is 18.6 Å². The van der Waals surface area contributed by atoms with E-state index in [1.807, 2.05) is 12.1 Å². The molecule has 0 aromatic heterocycles. The quantitative estimate of drug-likeness (QED) is 0.842. The zero-order valence-corrected chi connectivity index (χ0v) is 9.62. The van der Waals surface area contributed by atoms with Gasteiger partial charge in [-0.2, -0.15) is 5.26 Å². The minimum atomic E-state index is -0.135. The summed E-state index contributed by atoms with van der Waals surface area (Å²) in [5.41, 5.74) is 3.05. The second-order valence-electron chi connectivity index (χ2n) is 5.14. The van der Waals surface area contributed by atoms with Gasteiger partial charge in [0, 0.05) is 5.69 Å². The van der Waals surface area contributed by atoms with Gasteiger partial charge in [0.2, 0.25) is 5.91 Å². The van der Waals surface area contributed by atoms with Crippen LogP contribution in [0.25, 0.3) is 0 Å². The number of carbonyl (C=O) groups excluding carboxylic acids is 1. The lowest BCUT2D eigenvalue weighted by Crippen LogP contribution is -2.29. The van der Waals surface area contributed by atoms with Gasteiger partial charge in [0.1, 0.15) is 0 Å². The van der Waals surface area contributed by atoms with E-state index in [9.17, 15) is 10.1 Å². The van der Waals surface area contributed by atoms with Crippen molar-refractivity contribution in [1.82, 2.24) is 0 Å². The van der Waals surface area contributed by atoms with Crippen molar-refractivity contribution in [3.8, 4) is 6.07 Å². The summed E-state index contributed by atoms with van der Waals surface area (Å²) in [5, 5.41) is 12.0. The smallest absolute Gasteiger partial charge is 0.228 e. The molecular formula is C14H14N2O. The molecule has 1 saturated carbocycles. The van der Waals surface area contributed by atoms with Gasteiger partial charge in [-0.3, -0.25) is 4.79 Å². The Morgan fingerprint density at radius 2 is 2.24 bits per heavy atom. The lowest BCUT2D eigenvalue weighted by Gasteiger charge is -2.35. The highest BCUT2D eigenvalue weighted by molar-refractivity contribution is 5.99. The molecule has 3 heteroatoms. The molecule has 1 amide bonds. The first-order valence-corrected chi connectivity index (χ1v) is 6.04. The van der Waals surface area contributed by atoms with Crippen LogP contribution < -0.4 is 5.32 Å². The Morgan fingerprint density at radius 1 is 1.41 bits per heavy atom. The molecule has 1 N–H and O–H groups in total. The molecule has 0 unspecified atom stereocenters. The average molecular weight is 226 g/mol. The van der Waals surface area contributed by atoms with E-state index in [2.05, 4.69) is 17.5 Å². The monoisotopic (exact) mass is 226 g/mol. The molecule has 1 heterocycles. The van der Waals surface area contributed by atoms with E-state index in [0.717, 1.165) is 30.5 Å². The molecule has 0 bridgehead atoms. The lowest BCUT2D eigenvalue weighted by atomic mass is 9.66. The Labute approximate surface area is 100 Å². The number of benzene rings is 1. The molecule has 1 aromatic rings. The predicted molar refractivity (Wildman–Crippen MR) is 64.4 cm³/mol. The van der Waals surface area contributed by atoms with Gasteiger partial charge in [0.15, 0.2) is 0 Å². The van der Waals surface area contributed by atoms with Crippen LogP contribution in [0.3, 0.4) is 0 Å². The number of fused-ring (bicyclic) bond motifs is 1. The Morgan fingerprint density at radius 3 is 2.88 bits per heavy atom. The van der Waals surface area contributed by atoms with Crippen LogP contribution in [0.5, 0.6) is 0 Å². The van der Waals surface area contributed by atoms with E-state index in [1.165, 1.54) is 12.0 Å². The van der Waals surface area contributed by atoms with Crippen molar-refractivity contribution >= 4 is 11.6 Å². The largest absolute Gasteiger partial charge is 0.326 e. The second-order valence-corrected chi connectivity index (χ2v) is 5.14. The van der Waals surface area contributed by atoms with Crippen molar-refractivity contribution in [1.29, 1.82) is 5.26 Å². The van der Waals surface area contributed by atoms with Crippen LogP contribution >= 0.6 is 0 Å². The first kappa shape index (κ1) is 10.3. The maximum Gasteiger partial charge on any atom is 0.228 e. The van der Waals surface area contributed by atoms with E-state index < -0.39 is 0 Å². The zero-order valence-electron chi connectivity index (χ0n) is 9.62. The van der Waals surface area contributed by atoms with E-state index in [0.29, 0.717) is 6.42 Å². The average Bonchev–Trinajstić information content (AvgIpc) is 2.63. The molecule has 0 radical (unpaired) electrons. The van der Waals surface area contributed by atoms with Gasteiger partial charge in [-0.15, -0.1) is 0 Å². The normalized spacial score (nSPS) is 20.1. The van der Waals surface area contributed by atoms with Crippen LogP contribution in [0.1, 0.15) is 30.4 Å². The fourth-order valence-electron chi connectivity index (χ4n) is 2.71. The molecule has 17 heavy (non-hydrogen) atoms. The molecule has 0 saturated heterocycles. The third-order valence-corrected chi connectivity index (χ3v) is 3.89. The number of rotatable bonds is 2. The van der Waals surface area contributed by atoms with Crippen LogP contribution in [0.4, 0.5) is 5.69 Å². The highest BCUT2D eigenvalue weighted by atomic mass is 16.1. The first-order valence-electron chi connectivity index (χ1n) is 6.04. The van der Waals surface area contributed by atoms with Crippen molar-refractivity contribution in [2.45, 2.75) is 32.1 Å². The summed E-state index contributed by atoms with van der Waals surface area (Å²) in [6, 6.07) is 8.52. The molecule has 86 valence electrons. The molecular weight excluding hydrogens is 212 g/mol. The number of amides is 1. The minimum absolute atomic E-state index is 0.0655. The summed E-state index contributed by atoms with van der Waals surface area (Å²) < 4.78 is 0. The maximum absolute atomic E-state index is 11.3. The maximum atomic E-state index is 11.3. The number of nitriles is 1. The van der Waals surface area contributed by atoms with Crippen molar-refractivity contribution in [3.63, 3.8) is 0 Å². The summed E-state index contributed by atoms with van der Waals surface area (Å²) in [6.45, 7) is 0. The molecule has 1 fully saturated rings. The summed E-state index contributed by atoms with van der Waals surface area (Å²) in [5.74, 6) is 0.0655. The highest BCUT2D eigenvalue weighted by Crippen LogP contribution is 2.43. The highest BCUT2D eigenvalue weighted by Gasteiger charge is 2.37. The topological polar surface area (TPSA) is 52.9 Å². The predicted octanol–water partition coefficient (Wildman–Crippen LogP) is 2.42. The summed E-state index contributed by atoms with van der Waals surface area (Å²) in [7, 11) is 0. The Kier molecular flexibility index (Phi) is 2.19. The Bertz CT molecular complexity index is 524. The van der Waals surface area contributed by atoms with Crippen LogP contribution in [0.15, 0.2) is 18.2 Å². The third-order valence-electron chi connectivity index (χ3n) is 3.89. The molecule has 0 spiro atoms. The summed E-state index contributed by atoms with van der Waals surface area (Å²) in [4.78, 5) is 11.3. The molecule has 3 rings (SSSR count). The third kappa shape index (κ3) is 1.70. The molecule has 1 aliphatic heterocycles. The molecule has 1 aliphatic carbocycles. The fraction of sp³-hybridized carbons (Fsp3) is 0.429. The van der Waals surface area contributed by atoms with E-state index >= 15 is 0 Å². The standard InChI is InChI=1S/C14H14N2O/c15-9-14(4-1-5-14)8-10-2-3-12-11(6-10)7-13(17)16-12/h2-3,6H,1,4-5,7-8H2,(H,16,17). The van der Waals surface area contributed by atoms with Gasteiger partial charge in [-0.05, 0) is 36.5 Å². The number of hydrogen-bond acceptors (Lipinski definition) is 2. The first-order chi connectivity index (χ1) is 8.21. The molecule has 1 aromatic carbocycles. The van der Waals surface area contributed by atoms with Crippen molar-refractivity contribution in [2.24, 2.45) is 5.41 Å². The van der Waals surface area contributed by atoms with Crippen molar-refractivity contribution in [3.05, 3.63) is 29.3 Å². The van der Waals surface area contributed by atoms with Gasteiger partial charge in [0.25, 0.3) is 0 Å². The summed E-state index contributed by atoms with van der Waals surface area (Å²) >= 11 is 0. The number of carbonyl (C=O) groups is 1. The van der Waals surface area contributed by atoms with E-state index in [4.69, 9.17) is 0 Å². The van der Waals surface area contributed by atoms with Gasteiger partial charge in [0.05, 0.1) is 17.9 Å². The number of hydrogen-bond donors (Lipinski definition) is 1. The van der Waals surface area contributed by atoms with Gasteiger partial charge >= 0.3 is 0 Å². The molecule has 3 nitrogen and oxygen atoms in total. The molecule has 0 atom stereocenters. The Balaban J connectivity index is 1.84.